The molecule has 8 heteroatoms. The van der Waals surface area contributed by atoms with Crippen LogP contribution in [0.5, 0.6) is 0 Å². The summed E-state index contributed by atoms with van der Waals surface area (Å²) in [5.41, 5.74) is 4.31. The van der Waals surface area contributed by atoms with Crippen molar-refractivity contribution in [1.29, 1.82) is 0 Å². The number of carbonyl (C=O) groups is 1. The highest BCUT2D eigenvalue weighted by Crippen LogP contribution is 2.30. The second-order valence-corrected chi connectivity index (χ2v) is 9.24. The lowest BCUT2D eigenvalue weighted by atomic mass is 10.1. The van der Waals surface area contributed by atoms with Gasteiger partial charge in [-0.25, -0.2) is 8.42 Å². The van der Waals surface area contributed by atoms with E-state index in [-0.39, 0.29) is 6.42 Å². The van der Waals surface area contributed by atoms with E-state index in [9.17, 15) is 13.2 Å². The van der Waals surface area contributed by atoms with E-state index in [2.05, 4.69) is 41.1 Å². The Bertz CT molecular complexity index is 1090. The van der Waals surface area contributed by atoms with Crippen LogP contribution in [-0.2, 0) is 21.4 Å². The van der Waals surface area contributed by atoms with Gasteiger partial charge in [-0.2, -0.15) is 0 Å². The minimum atomic E-state index is -3.52. The molecule has 0 aliphatic rings. The summed E-state index contributed by atoms with van der Waals surface area (Å²) in [4.78, 5) is 11.6. The van der Waals surface area contributed by atoms with Crippen molar-refractivity contribution in [3.63, 3.8) is 0 Å². The molecule has 0 unspecified atom stereocenters. The van der Waals surface area contributed by atoms with Crippen LogP contribution in [0.25, 0.3) is 10.1 Å². The summed E-state index contributed by atoms with van der Waals surface area (Å²) in [6.45, 7) is 3.15. The molecular weight excluding hydrogens is 394 g/mol. The lowest BCUT2D eigenvalue weighted by molar-refractivity contribution is -0.119. The van der Waals surface area contributed by atoms with E-state index in [1.807, 2.05) is 29.0 Å². The topological polar surface area (TPSA) is 87.3 Å². The van der Waals surface area contributed by atoms with Gasteiger partial charge in [-0.15, -0.1) is 11.3 Å². The zero-order chi connectivity index (χ0) is 20.1. The Balaban J connectivity index is 1.63. The first kappa shape index (κ1) is 20.2. The summed E-state index contributed by atoms with van der Waals surface area (Å²) in [7, 11) is -3.52. The number of aryl methyl sites for hydroxylation is 1. The van der Waals surface area contributed by atoms with Gasteiger partial charge in [0.05, 0.1) is 17.6 Å². The first-order chi connectivity index (χ1) is 13.3. The van der Waals surface area contributed by atoms with Crippen molar-refractivity contribution < 1.29 is 13.2 Å². The first-order valence-corrected chi connectivity index (χ1v) is 11.6. The van der Waals surface area contributed by atoms with E-state index in [1.165, 1.54) is 21.2 Å². The van der Waals surface area contributed by atoms with Gasteiger partial charge < -0.3 is 10.6 Å². The molecule has 3 N–H and O–H groups in total. The number of para-hydroxylation sites is 2. The van der Waals surface area contributed by atoms with Crippen molar-refractivity contribution in [1.82, 2.24) is 4.72 Å². The van der Waals surface area contributed by atoms with Crippen LogP contribution in [0.2, 0.25) is 0 Å². The molecule has 0 bridgehead atoms. The van der Waals surface area contributed by atoms with Crippen molar-refractivity contribution >= 4 is 48.7 Å². The van der Waals surface area contributed by atoms with Crippen molar-refractivity contribution in [2.24, 2.45) is 0 Å². The molecular formula is C20H23N3O3S2. The van der Waals surface area contributed by atoms with E-state index in [0.29, 0.717) is 13.1 Å². The third-order valence-electron chi connectivity index (χ3n) is 4.25. The van der Waals surface area contributed by atoms with Crippen LogP contribution >= 0.6 is 11.3 Å². The molecule has 1 amide bonds. The monoisotopic (exact) mass is 417 g/mol. The van der Waals surface area contributed by atoms with Crippen LogP contribution in [0.3, 0.4) is 0 Å². The van der Waals surface area contributed by atoms with Gasteiger partial charge in [0.2, 0.25) is 15.9 Å². The Kier molecular flexibility index (Phi) is 6.21. The van der Waals surface area contributed by atoms with Gasteiger partial charge in [0.25, 0.3) is 0 Å². The number of rotatable bonds is 8. The van der Waals surface area contributed by atoms with Gasteiger partial charge in [-0.3, -0.25) is 9.52 Å². The number of nitrogens with one attached hydrogen (secondary N) is 3. The smallest absolute Gasteiger partial charge is 0.235 e. The molecule has 148 valence electrons. The van der Waals surface area contributed by atoms with Crippen LogP contribution < -0.4 is 15.4 Å². The highest BCUT2D eigenvalue weighted by atomic mass is 32.2. The number of hydrogen-bond donors (Lipinski definition) is 3. The second kappa shape index (κ2) is 8.62. The van der Waals surface area contributed by atoms with Gasteiger partial charge >= 0.3 is 0 Å². The van der Waals surface area contributed by atoms with Crippen molar-refractivity contribution in [2.45, 2.75) is 19.9 Å². The largest absolute Gasteiger partial charge is 0.383 e. The Morgan fingerprint density at radius 3 is 2.46 bits per heavy atom. The van der Waals surface area contributed by atoms with E-state index in [1.54, 1.807) is 11.3 Å². The van der Waals surface area contributed by atoms with E-state index < -0.39 is 15.9 Å². The highest BCUT2D eigenvalue weighted by molar-refractivity contribution is 7.89. The lowest BCUT2D eigenvalue weighted by Crippen LogP contribution is -2.30. The molecule has 1 aromatic heterocycles. The molecule has 0 radical (unpaired) electrons. The third-order valence-corrected chi connectivity index (χ3v) is 5.84. The van der Waals surface area contributed by atoms with Crippen LogP contribution in [0.15, 0.2) is 47.8 Å². The fourth-order valence-corrected chi connectivity index (χ4v) is 4.58. The molecule has 3 aromatic rings. The van der Waals surface area contributed by atoms with Crippen LogP contribution in [-0.4, -0.2) is 27.1 Å². The minimum Gasteiger partial charge on any atom is -0.383 e. The summed E-state index contributed by atoms with van der Waals surface area (Å²) in [6, 6.07) is 14.1. The van der Waals surface area contributed by atoms with Crippen LogP contribution in [0, 0.1) is 6.92 Å². The molecule has 0 fully saturated rings. The number of fused-ring (bicyclic) bond motifs is 1. The average Bonchev–Trinajstić information content (AvgIpc) is 3.04. The first-order valence-electron chi connectivity index (χ1n) is 8.86. The summed E-state index contributed by atoms with van der Waals surface area (Å²) < 4.78 is 25.4. The van der Waals surface area contributed by atoms with Crippen LogP contribution in [0.1, 0.15) is 17.5 Å². The van der Waals surface area contributed by atoms with Gasteiger partial charge in [0.15, 0.2) is 0 Å². The van der Waals surface area contributed by atoms with Crippen molar-refractivity contribution in [3.8, 4) is 0 Å². The summed E-state index contributed by atoms with van der Waals surface area (Å²) >= 11 is 1.74. The molecule has 6 nitrogen and oxygen atoms in total. The number of benzene rings is 2. The highest BCUT2D eigenvalue weighted by Gasteiger charge is 2.10. The quantitative estimate of drug-likeness (QED) is 0.520. The van der Waals surface area contributed by atoms with Crippen molar-refractivity contribution in [2.75, 3.05) is 23.4 Å². The lowest BCUT2D eigenvalue weighted by Gasteiger charge is -2.14. The summed E-state index contributed by atoms with van der Waals surface area (Å²) in [5, 5.41) is 10.1. The standard InChI is InChI=1S/C20H23N3O3S2/c1-14-6-5-9-18-20(14)15(13-27-18)12-22-17-8-4-3-7-16(17)21-11-10-19(24)23-28(2,25)26/h3-9,13,21-22H,10-12H2,1-2H3,(H,23,24). The second-order valence-electron chi connectivity index (χ2n) is 6.58. The van der Waals surface area contributed by atoms with Gasteiger partial charge in [-0.05, 0) is 41.6 Å². The molecule has 0 aliphatic heterocycles. The molecule has 0 atom stereocenters. The predicted octanol–water partition coefficient (Wildman–Crippen LogP) is 3.70. The fourth-order valence-electron chi connectivity index (χ4n) is 3.02. The molecule has 0 saturated carbocycles. The Morgan fingerprint density at radius 1 is 1.04 bits per heavy atom. The third kappa shape index (κ3) is 5.24. The maximum atomic E-state index is 11.6. The normalized spacial score (nSPS) is 11.4. The fraction of sp³-hybridized carbons (Fsp3) is 0.250. The number of anilines is 2. The maximum absolute atomic E-state index is 11.6. The Morgan fingerprint density at radius 2 is 1.75 bits per heavy atom. The van der Waals surface area contributed by atoms with E-state index in [0.717, 1.165) is 17.6 Å². The number of thiophene rings is 1. The molecule has 3 rings (SSSR count). The van der Waals surface area contributed by atoms with Gasteiger partial charge in [0.1, 0.15) is 0 Å². The minimum absolute atomic E-state index is 0.0652. The molecule has 2 aromatic carbocycles. The van der Waals surface area contributed by atoms with E-state index >= 15 is 0 Å². The zero-order valence-electron chi connectivity index (χ0n) is 15.8. The van der Waals surface area contributed by atoms with Gasteiger partial charge in [0, 0.05) is 29.6 Å². The van der Waals surface area contributed by atoms with Crippen molar-refractivity contribution in [3.05, 3.63) is 59.0 Å². The van der Waals surface area contributed by atoms with Gasteiger partial charge in [-0.1, -0.05) is 24.3 Å². The Hall–Kier alpha value is -2.58. The molecule has 0 saturated heterocycles. The summed E-state index contributed by atoms with van der Waals surface area (Å²) in [6.07, 6.45) is 1.03. The molecule has 0 aliphatic carbocycles. The number of amides is 1. The van der Waals surface area contributed by atoms with E-state index in [4.69, 9.17) is 0 Å². The molecule has 28 heavy (non-hydrogen) atoms. The molecule has 0 spiro atoms. The van der Waals surface area contributed by atoms with Crippen LogP contribution in [0.4, 0.5) is 11.4 Å². The number of sulfonamides is 1. The Labute approximate surface area is 169 Å². The molecule has 1 heterocycles. The predicted molar refractivity (Wildman–Crippen MR) is 116 cm³/mol. The SMILES string of the molecule is Cc1cccc2scc(CNc3ccccc3NCCC(=O)NS(C)(=O)=O)c12. The zero-order valence-corrected chi connectivity index (χ0v) is 17.4. The maximum Gasteiger partial charge on any atom is 0.235 e. The summed E-state index contributed by atoms with van der Waals surface area (Å²) in [5.74, 6) is -0.527. The number of carbonyl (C=O) groups excluding carboxylic acids is 1. The average molecular weight is 418 g/mol. The number of hydrogen-bond acceptors (Lipinski definition) is 6.